The zero-order chi connectivity index (χ0) is 12.9. The van der Waals surface area contributed by atoms with Crippen molar-refractivity contribution >= 4 is 23.2 Å². The quantitative estimate of drug-likeness (QED) is 0.709. The molecule has 1 nitrogen and oxygen atoms in total. The first-order chi connectivity index (χ1) is 8.09. The Morgan fingerprint density at radius 1 is 1.24 bits per heavy atom. The third kappa shape index (κ3) is 3.37. The smallest absolute Gasteiger partial charge is 0.0552 e. The second-order valence-electron chi connectivity index (χ2n) is 4.61. The molecular weight excluding hydrogens is 255 g/mol. The largest absolute Gasteiger partial charge is 0.382 e. The zero-order valence-corrected chi connectivity index (χ0v) is 12.2. The van der Waals surface area contributed by atoms with Gasteiger partial charge in [0.2, 0.25) is 0 Å². The lowest BCUT2D eigenvalue weighted by Gasteiger charge is -2.33. The standard InChI is InChI=1S/C14H20Cl2O/c1-11-6-4-5-7-13(11)14(9-15,10-16)8-12(2)17-3/h4-7,12H,8-10H2,1-3H3. The van der Waals surface area contributed by atoms with Crippen molar-refractivity contribution in [1.29, 1.82) is 0 Å². The van der Waals surface area contributed by atoms with E-state index >= 15 is 0 Å². The van der Waals surface area contributed by atoms with Crippen molar-refractivity contribution in [2.45, 2.75) is 31.8 Å². The molecule has 0 saturated heterocycles. The minimum Gasteiger partial charge on any atom is -0.382 e. The summed E-state index contributed by atoms with van der Waals surface area (Å²) in [5.74, 6) is 1.02. The summed E-state index contributed by atoms with van der Waals surface area (Å²) in [4.78, 5) is 0. The highest BCUT2D eigenvalue weighted by atomic mass is 35.5. The number of rotatable bonds is 6. The van der Waals surface area contributed by atoms with Crippen molar-refractivity contribution in [1.82, 2.24) is 0 Å². The van der Waals surface area contributed by atoms with Gasteiger partial charge >= 0.3 is 0 Å². The molecule has 1 unspecified atom stereocenters. The van der Waals surface area contributed by atoms with Crippen LogP contribution in [0.2, 0.25) is 0 Å². The van der Waals surface area contributed by atoms with Crippen LogP contribution < -0.4 is 0 Å². The third-order valence-electron chi connectivity index (χ3n) is 3.31. The summed E-state index contributed by atoms with van der Waals surface area (Å²) in [5.41, 5.74) is 2.26. The van der Waals surface area contributed by atoms with Gasteiger partial charge in [-0.25, -0.2) is 0 Å². The van der Waals surface area contributed by atoms with Crippen LogP contribution in [-0.4, -0.2) is 25.0 Å². The summed E-state index contributed by atoms with van der Waals surface area (Å²) in [6, 6.07) is 8.28. The van der Waals surface area contributed by atoms with E-state index in [-0.39, 0.29) is 11.5 Å². The fraction of sp³-hybridized carbons (Fsp3) is 0.571. The number of alkyl halides is 2. The van der Waals surface area contributed by atoms with Gasteiger partial charge in [0.05, 0.1) is 6.10 Å². The third-order valence-corrected chi connectivity index (χ3v) is 4.33. The van der Waals surface area contributed by atoms with Crippen molar-refractivity contribution in [3.8, 4) is 0 Å². The van der Waals surface area contributed by atoms with Gasteiger partial charge in [-0.3, -0.25) is 0 Å². The monoisotopic (exact) mass is 274 g/mol. The molecule has 1 atom stereocenters. The van der Waals surface area contributed by atoms with Crippen LogP contribution in [0, 0.1) is 6.92 Å². The van der Waals surface area contributed by atoms with Crippen LogP contribution in [0.15, 0.2) is 24.3 Å². The number of methoxy groups -OCH3 is 1. The first kappa shape index (κ1) is 14.8. The van der Waals surface area contributed by atoms with Gasteiger partial charge in [0.15, 0.2) is 0 Å². The molecule has 0 aromatic heterocycles. The summed E-state index contributed by atoms with van der Waals surface area (Å²) in [6.07, 6.45) is 0.980. The van der Waals surface area contributed by atoms with Gasteiger partial charge in [-0.05, 0) is 31.4 Å². The van der Waals surface area contributed by atoms with E-state index in [4.69, 9.17) is 27.9 Å². The number of benzene rings is 1. The van der Waals surface area contributed by atoms with Gasteiger partial charge in [-0.15, -0.1) is 23.2 Å². The SMILES string of the molecule is COC(C)CC(CCl)(CCl)c1ccccc1C. The fourth-order valence-electron chi connectivity index (χ4n) is 2.20. The highest BCUT2D eigenvalue weighted by molar-refractivity contribution is 6.22. The van der Waals surface area contributed by atoms with Crippen LogP contribution in [-0.2, 0) is 10.2 Å². The number of hydrogen-bond donors (Lipinski definition) is 0. The maximum absolute atomic E-state index is 6.19. The van der Waals surface area contributed by atoms with E-state index in [1.807, 2.05) is 19.1 Å². The van der Waals surface area contributed by atoms with Crippen molar-refractivity contribution in [2.75, 3.05) is 18.9 Å². The molecule has 1 aromatic rings. The molecule has 0 aliphatic heterocycles. The minimum absolute atomic E-state index is 0.145. The molecule has 1 aromatic carbocycles. The number of ether oxygens (including phenoxy) is 1. The lowest BCUT2D eigenvalue weighted by molar-refractivity contribution is 0.0937. The zero-order valence-electron chi connectivity index (χ0n) is 10.7. The molecule has 0 heterocycles. The molecule has 0 aliphatic carbocycles. The van der Waals surface area contributed by atoms with Gasteiger partial charge < -0.3 is 4.74 Å². The van der Waals surface area contributed by atoms with Crippen molar-refractivity contribution in [2.24, 2.45) is 0 Å². The molecule has 1 rings (SSSR count). The van der Waals surface area contributed by atoms with E-state index in [9.17, 15) is 0 Å². The van der Waals surface area contributed by atoms with E-state index in [0.717, 1.165) is 6.42 Å². The molecule has 17 heavy (non-hydrogen) atoms. The molecule has 0 radical (unpaired) electrons. The molecule has 0 bridgehead atoms. The van der Waals surface area contributed by atoms with Crippen LogP contribution in [0.1, 0.15) is 24.5 Å². The predicted octanol–water partition coefficient (Wildman–Crippen LogP) is 4.14. The first-order valence-corrected chi connectivity index (χ1v) is 6.87. The molecule has 96 valence electrons. The highest BCUT2D eigenvalue weighted by Crippen LogP contribution is 2.35. The highest BCUT2D eigenvalue weighted by Gasteiger charge is 2.33. The molecule has 0 saturated carbocycles. The fourth-order valence-corrected chi connectivity index (χ4v) is 2.99. The van der Waals surface area contributed by atoms with Crippen LogP contribution in [0.5, 0.6) is 0 Å². The van der Waals surface area contributed by atoms with E-state index in [1.54, 1.807) is 7.11 Å². The Morgan fingerprint density at radius 2 is 1.82 bits per heavy atom. The minimum atomic E-state index is -0.204. The molecule has 3 heteroatoms. The Kier molecular flexibility index (Phi) is 5.78. The molecule has 0 spiro atoms. The van der Waals surface area contributed by atoms with E-state index in [2.05, 4.69) is 19.1 Å². The lowest BCUT2D eigenvalue weighted by atomic mass is 9.77. The lowest BCUT2D eigenvalue weighted by Crippen LogP contribution is -2.35. The van der Waals surface area contributed by atoms with Gasteiger partial charge in [-0.2, -0.15) is 0 Å². The van der Waals surface area contributed by atoms with Gasteiger partial charge in [-0.1, -0.05) is 24.3 Å². The average Bonchev–Trinajstić information content (AvgIpc) is 2.36. The summed E-state index contributed by atoms with van der Waals surface area (Å²) in [5, 5.41) is 0. The predicted molar refractivity (Wildman–Crippen MR) is 75.4 cm³/mol. The van der Waals surface area contributed by atoms with Crippen LogP contribution in [0.3, 0.4) is 0 Å². The van der Waals surface area contributed by atoms with Crippen molar-refractivity contribution < 1.29 is 4.74 Å². The van der Waals surface area contributed by atoms with Crippen molar-refractivity contribution in [3.63, 3.8) is 0 Å². The van der Waals surface area contributed by atoms with Gasteiger partial charge in [0.25, 0.3) is 0 Å². The summed E-state index contributed by atoms with van der Waals surface area (Å²) >= 11 is 12.4. The first-order valence-electron chi connectivity index (χ1n) is 5.80. The average molecular weight is 275 g/mol. The van der Waals surface area contributed by atoms with E-state index < -0.39 is 0 Å². The van der Waals surface area contributed by atoms with Crippen LogP contribution in [0.4, 0.5) is 0 Å². The Hall–Kier alpha value is -0.240. The second kappa shape index (κ2) is 6.63. The van der Waals surface area contributed by atoms with Crippen LogP contribution in [0.25, 0.3) is 0 Å². The van der Waals surface area contributed by atoms with Crippen molar-refractivity contribution in [3.05, 3.63) is 35.4 Å². The number of aryl methyl sites for hydroxylation is 1. The molecule has 0 amide bonds. The van der Waals surface area contributed by atoms with Crippen LogP contribution >= 0.6 is 23.2 Å². The molecule has 0 aliphatic rings. The topological polar surface area (TPSA) is 9.23 Å². The summed E-state index contributed by atoms with van der Waals surface area (Å²) in [6.45, 7) is 4.15. The van der Waals surface area contributed by atoms with Gasteiger partial charge in [0.1, 0.15) is 0 Å². The number of hydrogen-bond acceptors (Lipinski definition) is 1. The van der Waals surface area contributed by atoms with E-state index in [0.29, 0.717) is 11.8 Å². The maximum atomic E-state index is 6.19. The molecular formula is C14H20Cl2O. The van der Waals surface area contributed by atoms with E-state index in [1.165, 1.54) is 11.1 Å². The van der Waals surface area contributed by atoms with Gasteiger partial charge in [0, 0.05) is 24.3 Å². The normalized spacial score (nSPS) is 13.7. The second-order valence-corrected chi connectivity index (χ2v) is 5.15. The summed E-state index contributed by atoms with van der Waals surface area (Å²) < 4.78 is 5.35. The Morgan fingerprint density at radius 3 is 2.29 bits per heavy atom. The molecule has 0 N–H and O–H groups in total. The number of halogens is 2. The maximum Gasteiger partial charge on any atom is 0.0552 e. The Balaban J connectivity index is 3.11. The molecule has 0 fully saturated rings. The summed E-state index contributed by atoms with van der Waals surface area (Å²) in [7, 11) is 1.72. The Bertz CT molecular complexity index is 348. The Labute approximate surface area is 114 Å².